The number of aromatic nitrogens is 3. The summed E-state index contributed by atoms with van der Waals surface area (Å²) in [6.07, 6.45) is 2.58. The predicted molar refractivity (Wildman–Crippen MR) is 119 cm³/mol. The molecule has 8 heteroatoms. The van der Waals surface area contributed by atoms with Crippen molar-refractivity contribution in [3.63, 3.8) is 0 Å². The van der Waals surface area contributed by atoms with Gasteiger partial charge in [0.1, 0.15) is 5.75 Å². The van der Waals surface area contributed by atoms with Crippen molar-refractivity contribution in [1.29, 1.82) is 0 Å². The number of carbonyl (C=O) groups excluding carboxylic acids is 1. The average molecular weight is 424 g/mol. The number of hydrogen-bond donors (Lipinski definition) is 2. The van der Waals surface area contributed by atoms with Crippen molar-refractivity contribution in [3.8, 4) is 17.1 Å². The van der Waals surface area contributed by atoms with E-state index in [0.29, 0.717) is 11.0 Å². The molecule has 1 aliphatic heterocycles. The molecule has 30 heavy (non-hydrogen) atoms. The van der Waals surface area contributed by atoms with Crippen LogP contribution in [0.3, 0.4) is 0 Å². The summed E-state index contributed by atoms with van der Waals surface area (Å²) < 4.78 is 5.16. The lowest BCUT2D eigenvalue weighted by Gasteiger charge is -2.14. The summed E-state index contributed by atoms with van der Waals surface area (Å²) in [5, 5.41) is 10.6. The van der Waals surface area contributed by atoms with Crippen molar-refractivity contribution in [2.45, 2.75) is 24.5 Å². The predicted octanol–water partition coefficient (Wildman–Crippen LogP) is 3.81. The molecule has 0 aliphatic carbocycles. The lowest BCUT2D eigenvalue weighted by molar-refractivity contribution is -0.113. The Hall–Kier alpha value is -2.84. The van der Waals surface area contributed by atoms with Gasteiger partial charge in [-0.1, -0.05) is 23.9 Å². The quantitative estimate of drug-likeness (QED) is 0.536. The molecule has 4 rings (SSSR count). The van der Waals surface area contributed by atoms with Gasteiger partial charge in [-0.2, -0.15) is 0 Å². The molecule has 0 saturated carbocycles. The third-order valence-corrected chi connectivity index (χ3v) is 5.85. The zero-order valence-electron chi connectivity index (χ0n) is 16.9. The smallest absolute Gasteiger partial charge is 0.234 e. The topological polar surface area (TPSA) is 83.1 Å². The molecular formula is C22H25N5O2S. The number of amides is 1. The van der Waals surface area contributed by atoms with Crippen molar-refractivity contribution < 1.29 is 9.53 Å². The molecule has 3 aromatic rings. The van der Waals surface area contributed by atoms with Crippen molar-refractivity contribution in [3.05, 3.63) is 54.1 Å². The Kier molecular flexibility index (Phi) is 6.66. The highest BCUT2D eigenvalue weighted by Gasteiger charge is 2.12. The maximum Gasteiger partial charge on any atom is 0.234 e. The van der Waals surface area contributed by atoms with Crippen molar-refractivity contribution in [2.75, 3.05) is 31.3 Å². The van der Waals surface area contributed by atoms with Gasteiger partial charge in [0.15, 0.2) is 5.82 Å². The molecule has 156 valence electrons. The highest BCUT2D eigenvalue weighted by atomic mass is 32.2. The molecule has 2 aromatic carbocycles. The standard InChI is InChI=1S/C22H25N5O2S/c1-29-19-10-6-17(7-11-19)21-24-22(26-25-21)30-15-20(28)23-18-8-4-16(5-9-18)14-27-12-2-3-13-27/h4-11H,2-3,12-15H2,1H3,(H,23,28)(H,24,25,26). The van der Waals surface area contributed by atoms with Crippen LogP contribution in [-0.4, -0.2) is 51.9 Å². The lowest BCUT2D eigenvalue weighted by Crippen LogP contribution is -2.18. The summed E-state index contributed by atoms with van der Waals surface area (Å²) in [4.78, 5) is 19.2. The zero-order chi connectivity index (χ0) is 20.8. The van der Waals surface area contributed by atoms with Crippen molar-refractivity contribution >= 4 is 23.4 Å². The fourth-order valence-electron chi connectivity index (χ4n) is 3.41. The number of nitrogens with zero attached hydrogens (tertiary/aromatic N) is 3. The molecule has 1 aliphatic rings. The Morgan fingerprint density at radius 1 is 1.13 bits per heavy atom. The van der Waals surface area contributed by atoms with E-state index >= 15 is 0 Å². The monoisotopic (exact) mass is 423 g/mol. The highest BCUT2D eigenvalue weighted by molar-refractivity contribution is 7.99. The van der Waals surface area contributed by atoms with E-state index in [2.05, 4.69) is 37.5 Å². The second-order valence-corrected chi connectivity index (χ2v) is 8.15. The largest absolute Gasteiger partial charge is 0.497 e. The van der Waals surface area contributed by atoms with Crippen LogP contribution in [0, 0.1) is 0 Å². The second kappa shape index (κ2) is 9.77. The van der Waals surface area contributed by atoms with Crippen molar-refractivity contribution in [1.82, 2.24) is 20.1 Å². The SMILES string of the molecule is COc1ccc(-c2nc(SCC(=O)Nc3ccc(CN4CCCC4)cc3)n[nH]2)cc1. The lowest BCUT2D eigenvalue weighted by atomic mass is 10.2. The molecule has 0 spiro atoms. The molecule has 0 atom stereocenters. The minimum atomic E-state index is -0.0805. The molecule has 1 saturated heterocycles. The van der Waals surface area contributed by atoms with Gasteiger partial charge in [-0.3, -0.25) is 14.8 Å². The van der Waals surface area contributed by atoms with E-state index in [1.165, 1.54) is 43.3 Å². The Morgan fingerprint density at radius 3 is 2.57 bits per heavy atom. The first-order chi connectivity index (χ1) is 14.7. The van der Waals surface area contributed by atoms with E-state index in [1.807, 2.05) is 36.4 Å². The first kappa shape index (κ1) is 20.4. The summed E-state index contributed by atoms with van der Waals surface area (Å²) in [6, 6.07) is 15.6. The summed E-state index contributed by atoms with van der Waals surface area (Å²) in [6.45, 7) is 3.33. The van der Waals surface area contributed by atoms with E-state index in [4.69, 9.17) is 4.74 Å². The molecular weight excluding hydrogens is 398 g/mol. The summed E-state index contributed by atoms with van der Waals surface area (Å²) in [7, 11) is 1.63. The van der Waals surface area contributed by atoms with Crippen LogP contribution in [-0.2, 0) is 11.3 Å². The maximum absolute atomic E-state index is 12.3. The number of H-pyrrole nitrogens is 1. The number of carbonyl (C=O) groups is 1. The number of nitrogens with one attached hydrogen (secondary N) is 2. The van der Waals surface area contributed by atoms with Gasteiger partial charge in [0, 0.05) is 17.8 Å². The number of likely N-dealkylation sites (tertiary alicyclic amines) is 1. The minimum absolute atomic E-state index is 0.0805. The number of anilines is 1. The van der Waals surface area contributed by atoms with Gasteiger partial charge in [-0.15, -0.1) is 5.10 Å². The van der Waals surface area contributed by atoms with Crippen LogP contribution in [0.4, 0.5) is 5.69 Å². The summed E-state index contributed by atoms with van der Waals surface area (Å²) in [5.74, 6) is 1.61. The van der Waals surface area contributed by atoms with Crippen LogP contribution in [0.2, 0.25) is 0 Å². The van der Waals surface area contributed by atoms with E-state index < -0.39 is 0 Å². The minimum Gasteiger partial charge on any atom is -0.497 e. The van der Waals surface area contributed by atoms with Gasteiger partial charge in [0.25, 0.3) is 0 Å². The molecule has 1 amide bonds. The van der Waals surface area contributed by atoms with Crippen LogP contribution >= 0.6 is 11.8 Å². The van der Waals surface area contributed by atoms with Gasteiger partial charge in [0.05, 0.1) is 12.9 Å². The van der Waals surface area contributed by atoms with Gasteiger partial charge in [-0.25, -0.2) is 4.98 Å². The molecule has 1 aromatic heterocycles. The first-order valence-corrected chi connectivity index (χ1v) is 11.0. The van der Waals surface area contributed by atoms with E-state index in [9.17, 15) is 4.79 Å². The Labute approximate surface area is 180 Å². The van der Waals surface area contributed by atoms with Crippen LogP contribution in [0.15, 0.2) is 53.7 Å². The Balaban J connectivity index is 1.26. The molecule has 0 radical (unpaired) electrons. The van der Waals surface area contributed by atoms with E-state index in [-0.39, 0.29) is 11.7 Å². The normalized spacial score (nSPS) is 14.0. The maximum atomic E-state index is 12.3. The third kappa shape index (κ3) is 5.40. The molecule has 0 bridgehead atoms. The molecule has 2 N–H and O–H groups in total. The zero-order valence-corrected chi connectivity index (χ0v) is 17.7. The van der Waals surface area contributed by atoms with E-state index in [0.717, 1.165) is 23.5 Å². The molecule has 1 fully saturated rings. The van der Waals surface area contributed by atoms with Crippen molar-refractivity contribution in [2.24, 2.45) is 0 Å². The number of methoxy groups -OCH3 is 1. The van der Waals surface area contributed by atoms with Gasteiger partial charge in [-0.05, 0) is 67.9 Å². The fourth-order valence-corrected chi connectivity index (χ4v) is 4.01. The molecule has 7 nitrogen and oxygen atoms in total. The number of hydrogen-bond acceptors (Lipinski definition) is 6. The second-order valence-electron chi connectivity index (χ2n) is 7.21. The number of rotatable bonds is 8. The number of benzene rings is 2. The Bertz CT molecular complexity index is 966. The third-order valence-electron chi connectivity index (χ3n) is 5.00. The van der Waals surface area contributed by atoms with Gasteiger partial charge >= 0.3 is 0 Å². The molecule has 0 unspecified atom stereocenters. The average Bonchev–Trinajstić information content (AvgIpc) is 3.46. The van der Waals surface area contributed by atoms with Gasteiger partial charge < -0.3 is 10.1 Å². The fraction of sp³-hybridized carbons (Fsp3) is 0.318. The van der Waals surface area contributed by atoms with Crippen LogP contribution in [0.25, 0.3) is 11.4 Å². The summed E-state index contributed by atoms with van der Waals surface area (Å²) in [5.41, 5.74) is 2.99. The molecule has 2 heterocycles. The summed E-state index contributed by atoms with van der Waals surface area (Å²) >= 11 is 1.30. The number of ether oxygens (including phenoxy) is 1. The number of aromatic amines is 1. The first-order valence-electron chi connectivity index (χ1n) is 10.0. The van der Waals surface area contributed by atoms with Crippen LogP contribution < -0.4 is 10.1 Å². The number of thioether (sulfide) groups is 1. The van der Waals surface area contributed by atoms with Crippen LogP contribution in [0.5, 0.6) is 5.75 Å². The van der Waals surface area contributed by atoms with Crippen LogP contribution in [0.1, 0.15) is 18.4 Å². The van der Waals surface area contributed by atoms with Gasteiger partial charge in [0.2, 0.25) is 11.1 Å². The Morgan fingerprint density at radius 2 is 1.87 bits per heavy atom. The highest BCUT2D eigenvalue weighted by Crippen LogP contribution is 2.22. The van der Waals surface area contributed by atoms with E-state index in [1.54, 1.807) is 7.11 Å².